The zero-order valence-corrected chi connectivity index (χ0v) is 8.94. The van der Waals surface area contributed by atoms with E-state index < -0.39 is 0 Å². The SMILES string of the molecule is BC(=O)NCCC(CO)c1ccccc1. The number of amides is 1. The van der Waals surface area contributed by atoms with Gasteiger partial charge in [0.25, 0.3) is 0 Å². The fourth-order valence-electron chi connectivity index (χ4n) is 1.51. The zero-order chi connectivity index (χ0) is 11.1. The van der Waals surface area contributed by atoms with Gasteiger partial charge in [-0.25, -0.2) is 0 Å². The summed E-state index contributed by atoms with van der Waals surface area (Å²) >= 11 is 0. The first kappa shape index (κ1) is 11.8. The number of benzene rings is 1. The number of hydrogen-bond donors (Lipinski definition) is 2. The Kier molecular flexibility index (Phi) is 4.91. The maximum atomic E-state index is 10.7. The van der Waals surface area contributed by atoms with E-state index in [1.165, 1.54) is 7.85 Å². The molecule has 0 aliphatic heterocycles. The Morgan fingerprint density at radius 1 is 1.40 bits per heavy atom. The van der Waals surface area contributed by atoms with E-state index in [4.69, 9.17) is 0 Å². The first-order chi connectivity index (χ1) is 7.24. The molecule has 1 unspecified atom stereocenters. The number of hydrogen-bond acceptors (Lipinski definition) is 2. The molecule has 0 saturated carbocycles. The monoisotopic (exact) mass is 205 g/mol. The van der Waals surface area contributed by atoms with Gasteiger partial charge in [-0.2, -0.15) is 0 Å². The Bertz CT molecular complexity index is 303. The molecule has 1 amide bonds. The number of carbonyl (C=O) groups is 1. The second kappa shape index (κ2) is 6.25. The van der Waals surface area contributed by atoms with Crippen molar-refractivity contribution < 1.29 is 9.90 Å². The third-order valence-electron chi connectivity index (χ3n) is 2.36. The van der Waals surface area contributed by atoms with Gasteiger partial charge in [-0.15, -0.1) is 0 Å². The molecule has 1 atom stereocenters. The third-order valence-corrected chi connectivity index (χ3v) is 2.36. The quantitative estimate of drug-likeness (QED) is 0.687. The van der Waals surface area contributed by atoms with Crippen molar-refractivity contribution in [1.29, 1.82) is 0 Å². The molecule has 4 heteroatoms. The van der Waals surface area contributed by atoms with Crippen LogP contribution in [0, 0.1) is 0 Å². The molecule has 1 aromatic carbocycles. The van der Waals surface area contributed by atoms with Crippen LogP contribution in [0.1, 0.15) is 17.9 Å². The molecule has 80 valence electrons. The van der Waals surface area contributed by atoms with Gasteiger partial charge in [0.2, 0.25) is 7.85 Å². The third kappa shape index (κ3) is 4.17. The standard InChI is InChI=1S/C11H16BNO2/c12-11(15)13-7-6-10(8-14)9-4-2-1-3-5-9/h1-5,10,14H,6-8,12H2,(H,13,15). The number of nitrogens with one attached hydrogen (secondary N) is 1. The summed E-state index contributed by atoms with van der Waals surface area (Å²) in [4.78, 5) is 10.7. The lowest BCUT2D eigenvalue weighted by Gasteiger charge is -2.14. The van der Waals surface area contributed by atoms with E-state index in [2.05, 4.69) is 5.32 Å². The zero-order valence-electron chi connectivity index (χ0n) is 8.94. The number of aliphatic hydroxyl groups is 1. The van der Waals surface area contributed by atoms with Crippen molar-refractivity contribution in [2.24, 2.45) is 0 Å². The molecule has 1 aromatic rings. The second-order valence-electron chi connectivity index (χ2n) is 3.56. The minimum Gasteiger partial charge on any atom is -0.396 e. The molecule has 3 nitrogen and oxygen atoms in total. The summed E-state index contributed by atoms with van der Waals surface area (Å²) in [7, 11) is 1.50. The minimum atomic E-state index is -0.0280. The minimum absolute atomic E-state index is 0.0280. The molecule has 2 N–H and O–H groups in total. The van der Waals surface area contributed by atoms with Crippen LogP contribution in [0.2, 0.25) is 0 Å². The second-order valence-corrected chi connectivity index (χ2v) is 3.56. The van der Waals surface area contributed by atoms with E-state index in [1.807, 2.05) is 30.3 Å². The molecule has 0 bridgehead atoms. The Morgan fingerprint density at radius 3 is 2.60 bits per heavy atom. The van der Waals surface area contributed by atoms with Gasteiger partial charge >= 0.3 is 0 Å². The highest BCUT2D eigenvalue weighted by Gasteiger charge is 2.09. The van der Waals surface area contributed by atoms with E-state index >= 15 is 0 Å². The van der Waals surface area contributed by atoms with Crippen molar-refractivity contribution in [2.75, 3.05) is 13.2 Å². The maximum Gasteiger partial charge on any atom is 0.215 e. The summed E-state index contributed by atoms with van der Waals surface area (Å²) in [5.74, 6) is 0.0813. The molecule has 0 saturated heterocycles. The van der Waals surface area contributed by atoms with E-state index in [0.717, 1.165) is 12.0 Å². The first-order valence-corrected chi connectivity index (χ1v) is 5.14. The summed E-state index contributed by atoms with van der Waals surface area (Å²) in [6, 6.07) is 9.85. The van der Waals surface area contributed by atoms with Gasteiger partial charge in [0.15, 0.2) is 5.81 Å². The van der Waals surface area contributed by atoms with E-state index in [0.29, 0.717) is 6.54 Å². The molecule has 0 aliphatic carbocycles. The maximum absolute atomic E-state index is 10.7. The van der Waals surface area contributed by atoms with Crippen molar-refractivity contribution in [3.8, 4) is 0 Å². The van der Waals surface area contributed by atoms with Crippen LogP contribution in [0.4, 0.5) is 4.79 Å². The molecule has 0 aromatic heterocycles. The largest absolute Gasteiger partial charge is 0.396 e. The number of rotatable bonds is 5. The predicted molar refractivity (Wildman–Crippen MR) is 62.8 cm³/mol. The highest BCUT2D eigenvalue weighted by Crippen LogP contribution is 2.17. The normalized spacial score (nSPS) is 12.1. The van der Waals surface area contributed by atoms with Crippen molar-refractivity contribution in [1.82, 2.24) is 5.32 Å². The van der Waals surface area contributed by atoms with Gasteiger partial charge < -0.3 is 10.4 Å². The van der Waals surface area contributed by atoms with Crippen LogP contribution in [0.25, 0.3) is 0 Å². The molecular weight excluding hydrogens is 189 g/mol. The van der Waals surface area contributed by atoms with Crippen molar-refractivity contribution >= 4 is 13.7 Å². The molecule has 0 heterocycles. The van der Waals surface area contributed by atoms with E-state index in [-0.39, 0.29) is 18.3 Å². The molecule has 0 aliphatic rings. The van der Waals surface area contributed by atoms with Crippen LogP contribution in [0.3, 0.4) is 0 Å². The number of aliphatic hydroxyl groups excluding tert-OH is 1. The molecule has 1 rings (SSSR count). The van der Waals surface area contributed by atoms with Gasteiger partial charge in [0.1, 0.15) is 0 Å². The fraction of sp³-hybridized carbons (Fsp3) is 0.364. The molecule has 15 heavy (non-hydrogen) atoms. The summed E-state index contributed by atoms with van der Waals surface area (Å²) in [5.41, 5.74) is 1.12. The summed E-state index contributed by atoms with van der Waals surface area (Å²) in [6.45, 7) is 0.721. The topological polar surface area (TPSA) is 49.3 Å². The summed E-state index contributed by atoms with van der Waals surface area (Å²) in [5, 5.41) is 12.0. The molecule has 0 fully saturated rings. The van der Waals surface area contributed by atoms with Crippen LogP contribution in [0.5, 0.6) is 0 Å². The Labute approximate surface area is 90.9 Å². The van der Waals surface area contributed by atoms with Crippen molar-refractivity contribution in [2.45, 2.75) is 12.3 Å². The van der Waals surface area contributed by atoms with Gasteiger partial charge in [-0.1, -0.05) is 30.3 Å². The highest BCUT2D eigenvalue weighted by atomic mass is 16.3. The van der Waals surface area contributed by atoms with Gasteiger partial charge in [-0.05, 0) is 12.0 Å². The summed E-state index contributed by atoms with van der Waals surface area (Å²) in [6.07, 6.45) is 0.764. The fourth-order valence-corrected chi connectivity index (χ4v) is 1.51. The smallest absolute Gasteiger partial charge is 0.215 e. The van der Waals surface area contributed by atoms with E-state index in [1.54, 1.807) is 0 Å². The lowest BCUT2D eigenvalue weighted by molar-refractivity contribution is 0.250. The Balaban J connectivity index is 2.46. The average molecular weight is 205 g/mol. The Morgan fingerprint density at radius 2 is 2.07 bits per heavy atom. The Hall–Kier alpha value is -1.29. The number of carbonyl (C=O) groups excluding carboxylic acids is 1. The molecule has 0 spiro atoms. The van der Waals surface area contributed by atoms with Crippen molar-refractivity contribution in [3.05, 3.63) is 35.9 Å². The van der Waals surface area contributed by atoms with Crippen molar-refractivity contribution in [3.63, 3.8) is 0 Å². The van der Waals surface area contributed by atoms with Gasteiger partial charge in [0.05, 0.1) is 0 Å². The van der Waals surface area contributed by atoms with Crippen LogP contribution >= 0.6 is 0 Å². The lowest BCUT2D eigenvalue weighted by atomic mass is 9.96. The van der Waals surface area contributed by atoms with Gasteiger partial charge in [0, 0.05) is 19.1 Å². The highest BCUT2D eigenvalue weighted by molar-refractivity contribution is 6.57. The lowest BCUT2D eigenvalue weighted by Crippen LogP contribution is -2.24. The predicted octanol–water partition coefficient (Wildman–Crippen LogP) is 0.495. The van der Waals surface area contributed by atoms with E-state index in [9.17, 15) is 9.90 Å². The average Bonchev–Trinajstić information content (AvgIpc) is 2.25. The molecular formula is C11H16BNO2. The first-order valence-electron chi connectivity index (χ1n) is 5.14. The van der Waals surface area contributed by atoms with Crippen LogP contribution < -0.4 is 5.32 Å². The van der Waals surface area contributed by atoms with Crippen LogP contribution in [-0.2, 0) is 0 Å². The van der Waals surface area contributed by atoms with Gasteiger partial charge in [-0.3, -0.25) is 4.79 Å². The molecule has 0 radical (unpaired) electrons. The van der Waals surface area contributed by atoms with Crippen LogP contribution in [-0.4, -0.2) is 31.9 Å². The van der Waals surface area contributed by atoms with Crippen LogP contribution in [0.15, 0.2) is 30.3 Å². The summed E-state index contributed by atoms with van der Waals surface area (Å²) < 4.78 is 0.